The van der Waals surface area contributed by atoms with E-state index in [0.29, 0.717) is 5.92 Å². The minimum atomic E-state index is -0.324. The van der Waals surface area contributed by atoms with Crippen LogP contribution in [0.5, 0.6) is 0 Å². The molecule has 2 fully saturated rings. The van der Waals surface area contributed by atoms with Crippen molar-refractivity contribution < 1.29 is 9.59 Å². The Morgan fingerprint density at radius 1 is 1.19 bits per heavy atom. The fourth-order valence-electron chi connectivity index (χ4n) is 4.16. The lowest BCUT2D eigenvalue weighted by Gasteiger charge is -2.53. The van der Waals surface area contributed by atoms with Gasteiger partial charge in [-0.2, -0.15) is 0 Å². The predicted octanol–water partition coefficient (Wildman–Crippen LogP) is 3.00. The maximum absolute atomic E-state index is 12.4. The van der Waals surface area contributed by atoms with Gasteiger partial charge in [-0.05, 0) is 37.0 Å². The number of rotatable bonds is 1. The second-order valence-corrected chi connectivity index (χ2v) is 6.50. The van der Waals surface area contributed by atoms with Crippen LogP contribution in [0.25, 0.3) is 0 Å². The van der Waals surface area contributed by atoms with Crippen molar-refractivity contribution in [2.45, 2.75) is 52.9 Å². The van der Waals surface area contributed by atoms with Crippen LogP contribution in [0, 0.1) is 22.7 Å². The molecule has 1 unspecified atom stereocenters. The van der Waals surface area contributed by atoms with Gasteiger partial charge in [0.05, 0.1) is 5.92 Å². The smallest absolute Gasteiger partial charge is 0.149 e. The zero-order chi connectivity index (χ0) is 12.0. The third kappa shape index (κ3) is 1.54. The second-order valence-electron chi connectivity index (χ2n) is 6.50. The van der Waals surface area contributed by atoms with Crippen molar-refractivity contribution in [3.8, 4) is 0 Å². The number of ketones is 1. The molecule has 16 heavy (non-hydrogen) atoms. The number of carbonyl (C=O) groups is 2. The summed E-state index contributed by atoms with van der Waals surface area (Å²) in [7, 11) is 0. The van der Waals surface area contributed by atoms with Gasteiger partial charge >= 0.3 is 0 Å². The minimum absolute atomic E-state index is 0.214. The highest BCUT2D eigenvalue weighted by molar-refractivity contribution is 5.97. The van der Waals surface area contributed by atoms with Gasteiger partial charge < -0.3 is 4.79 Å². The molecule has 0 heterocycles. The maximum atomic E-state index is 12.4. The Balaban J connectivity index is 2.34. The topological polar surface area (TPSA) is 34.1 Å². The van der Waals surface area contributed by atoms with E-state index >= 15 is 0 Å². The molecule has 2 aliphatic carbocycles. The molecule has 0 aliphatic heterocycles. The summed E-state index contributed by atoms with van der Waals surface area (Å²) < 4.78 is 0. The van der Waals surface area contributed by atoms with E-state index in [2.05, 4.69) is 20.8 Å². The summed E-state index contributed by atoms with van der Waals surface area (Å²) in [4.78, 5) is 23.3. The molecule has 2 nitrogen and oxygen atoms in total. The van der Waals surface area contributed by atoms with Crippen LogP contribution in [0.3, 0.4) is 0 Å². The molecular weight excluding hydrogens is 200 g/mol. The summed E-state index contributed by atoms with van der Waals surface area (Å²) in [6.07, 6.45) is 5.99. The SMILES string of the molecule is CC1(C)CCC[C@]2(C)C(=O)C(C=O)CC[C@@H]12. The Bertz CT molecular complexity index is 319. The Hall–Kier alpha value is -0.660. The molecule has 0 bridgehead atoms. The summed E-state index contributed by atoms with van der Waals surface area (Å²) in [5.74, 6) is 0.360. The first-order valence-electron chi connectivity index (χ1n) is 6.41. The molecule has 90 valence electrons. The first-order chi connectivity index (χ1) is 7.42. The van der Waals surface area contributed by atoms with E-state index in [-0.39, 0.29) is 22.5 Å². The fraction of sp³-hybridized carbons (Fsp3) is 0.857. The van der Waals surface area contributed by atoms with Crippen molar-refractivity contribution >= 4 is 12.1 Å². The van der Waals surface area contributed by atoms with E-state index in [4.69, 9.17) is 0 Å². The number of hydrogen-bond donors (Lipinski definition) is 0. The van der Waals surface area contributed by atoms with Gasteiger partial charge in [-0.3, -0.25) is 4.79 Å². The minimum Gasteiger partial charge on any atom is -0.303 e. The highest BCUT2D eigenvalue weighted by Crippen LogP contribution is 2.56. The summed E-state index contributed by atoms with van der Waals surface area (Å²) in [5.41, 5.74) is 0.0299. The van der Waals surface area contributed by atoms with E-state index in [9.17, 15) is 9.59 Å². The molecule has 2 saturated carbocycles. The number of carbonyl (C=O) groups excluding carboxylic acids is 2. The number of Topliss-reactive ketones (excluding diaryl/α,β-unsaturated/α-hetero) is 1. The van der Waals surface area contributed by atoms with Crippen LogP contribution in [0.1, 0.15) is 52.9 Å². The number of fused-ring (bicyclic) bond motifs is 1. The fourth-order valence-corrected chi connectivity index (χ4v) is 4.16. The normalized spacial score (nSPS) is 42.6. The third-order valence-corrected chi connectivity index (χ3v) is 5.06. The largest absolute Gasteiger partial charge is 0.303 e. The van der Waals surface area contributed by atoms with E-state index in [1.165, 1.54) is 6.42 Å². The van der Waals surface area contributed by atoms with Crippen LogP contribution in [0.15, 0.2) is 0 Å². The van der Waals surface area contributed by atoms with Gasteiger partial charge in [-0.1, -0.05) is 27.2 Å². The van der Waals surface area contributed by atoms with E-state index in [0.717, 1.165) is 32.0 Å². The summed E-state index contributed by atoms with van der Waals surface area (Å²) in [6, 6.07) is 0. The molecule has 3 atom stereocenters. The van der Waals surface area contributed by atoms with Crippen LogP contribution in [0.2, 0.25) is 0 Å². The second kappa shape index (κ2) is 3.68. The van der Waals surface area contributed by atoms with Crippen LogP contribution in [-0.2, 0) is 9.59 Å². The van der Waals surface area contributed by atoms with Gasteiger partial charge in [0.2, 0.25) is 0 Å². The standard InChI is InChI=1S/C14H22O2/c1-13(2)7-4-8-14(3)11(13)6-5-10(9-15)12(14)16/h9-11H,4-8H2,1-3H3/t10?,11-,14-/m0/s1. The van der Waals surface area contributed by atoms with Crippen LogP contribution >= 0.6 is 0 Å². The molecule has 0 radical (unpaired) electrons. The van der Waals surface area contributed by atoms with Gasteiger partial charge in [0, 0.05) is 5.41 Å². The van der Waals surface area contributed by atoms with Crippen LogP contribution in [-0.4, -0.2) is 12.1 Å². The first kappa shape index (κ1) is 11.8. The first-order valence-corrected chi connectivity index (χ1v) is 6.41. The highest BCUT2D eigenvalue weighted by Gasteiger charge is 2.54. The van der Waals surface area contributed by atoms with E-state index < -0.39 is 0 Å². The van der Waals surface area contributed by atoms with Gasteiger partial charge in [0.1, 0.15) is 12.1 Å². The molecule has 0 saturated heterocycles. The highest BCUT2D eigenvalue weighted by atomic mass is 16.1. The van der Waals surface area contributed by atoms with Crippen molar-refractivity contribution in [2.75, 3.05) is 0 Å². The van der Waals surface area contributed by atoms with E-state index in [1.807, 2.05) is 0 Å². The van der Waals surface area contributed by atoms with Gasteiger partial charge in [0.15, 0.2) is 0 Å². The Morgan fingerprint density at radius 3 is 2.50 bits per heavy atom. The van der Waals surface area contributed by atoms with Gasteiger partial charge in [0.25, 0.3) is 0 Å². The molecule has 0 spiro atoms. The van der Waals surface area contributed by atoms with Crippen LogP contribution in [0.4, 0.5) is 0 Å². The Kier molecular flexibility index (Phi) is 2.72. The monoisotopic (exact) mass is 222 g/mol. The molecule has 0 aromatic carbocycles. The molecule has 0 amide bonds. The quantitative estimate of drug-likeness (QED) is 0.505. The molecular formula is C14H22O2. The number of hydrogen-bond acceptors (Lipinski definition) is 2. The lowest BCUT2D eigenvalue weighted by Crippen LogP contribution is -2.52. The molecule has 2 rings (SSSR count). The molecule has 0 aromatic rings. The Morgan fingerprint density at radius 2 is 1.88 bits per heavy atom. The van der Waals surface area contributed by atoms with Gasteiger partial charge in [-0.25, -0.2) is 0 Å². The summed E-state index contributed by atoms with van der Waals surface area (Å²) in [6.45, 7) is 6.66. The maximum Gasteiger partial charge on any atom is 0.149 e. The molecule has 0 aromatic heterocycles. The molecule has 2 aliphatic rings. The summed E-state index contributed by atoms with van der Waals surface area (Å²) in [5, 5.41) is 0. The third-order valence-electron chi connectivity index (χ3n) is 5.06. The molecule has 2 heteroatoms. The van der Waals surface area contributed by atoms with Gasteiger partial charge in [-0.15, -0.1) is 0 Å². The Labute approximate surface area is 97.8 Å². The van der Waals surface area contributed by atoms with Crippen molar-refractivity contribution in [1.29, 1.82) is 0 Å². The van der Waals surface area contributed by atoms with Crippen molar-refractivity contribution in [3.63, 3.8) is 0 Å². The lowest BCUT2D eigenvalue weighted by atomic mass is 9.50. The number of aldehydes is 1. The lowest BCUT2D eigenvalue weighted by molar-refractivity contribution is -0.150. The molecule has 0 N–H and O–H groups in total. The predicted molar refractivity (Wildman–Crippen MR) is 63.0 cm³/mol. The summed E-state index contributed by atoms with van der Waals surface area (Å²) >= 11 is 0. The van der Waals surface area contributed by atoms with Crippen molar-refractivity contribution in [1.82, 2.24) is 0 Å². The average molecular weight is 222 g/mol. The van der Waals surface area contributed by atoms with Crippen LogP contribution < -0.4 is 0 Å². The van der Waals surface area contributed by atoms with Crippen molar-refractivity contribution in [3.05, 3.63) is 0 Å². The van der Waals surface area contributed by atoms with E-state index in [1.54, 1.807) is 0 Å². The average Bonchev–Trinajstić information content (AvgIpc) is 2.20. The zero-order valence-electron chi connectivity index (χ0n) is 10.6. The zero-order valence-corrected chi connectivity index (χ0v) is 10.6. The van der Waals surface area contributed by atoms with Crippen molar-refractivity contribution in [2.24, 2.45) is 22.7 Å².